The zero-order valence-corrected chi connectivity index (χ0v) is 17.4. The first-order chi connectivity index (χ1) is 12.8. The van der Waals surface area contributed by atoms with Crippen LogP contribution in [0.1, 0.15) is 45.7 Å². The highest BCUT2D eigenvalue weighted by Gasteiger charge is 2.21. The van der Waals surface area contributed by atoms with Crippen LogP contribution in [0.25, 0.3) is 11.3 Å². The Hall–Kier alpha value is -1.95. The molecule has 0 atom stereocenters. The molecule has 0 saturated carbocycles. The fourth-order valence-corrected chi connectivity index (χ4v) is 3.47. The van der Waals surface area contributed by atoms with E-state index in [1.807, 2.05) is 32.3 Å². The van der Waals surface area contributed by atoms with Crippen molar-refractivity contribution < 1.29 is 4.74 Å². The molecule has 0 bridgehead atoms. The summed E-state index contributed by atoms with van der Waals surface area (Å²) in [7, 11) is 1.91. The summed E-state index contributed by atoms with van der Waals surface area (Å²) >= 11 is 0. The average molecular weight is 372 g/mol. The number of hydrogen-bond donors (Lipinski definition) is 0. The predicted octanol–water partition coefficient (Wildman–Crippen LogP) is 3.71. The summed E-state index contributed by atoms with van der Waals surface area (Å²) in [5.41, 5.74) is 3.22. The Bertz CT molecular complexity index is 724. The lowest BCUT2D eigenvalue weighted by Gasteiger charge is -2.33. The predicted molar refractivity (Wildman–Crippen MR) is 108 cm³/mol. The minimum Gasteiger partial charge on any atom is -0.476 e. The summed E-state index contributed by atoms with van der Waals surface area (Å²) in [6.07, 6.45) is 5.62. The van der Waals surface area contributed by atoms with E-state index in [1.165, 1.54) is 38.9 Å². The van der Waals surface area contributed by atoms with Crippen LogP contribution in [0.4, 0.5) is 0 Å². The zero-order chi connectivity index (χ0) is 19.4. The number of nitrogens with zero attached hydrogens (tertiary/aromatic N) is 5. The second-order valence-electron chi connectivity index (χ2n) is 8.97. The van der Waals surface area contributed by atoms with Crippen molar-refractivity contribution in [2.24, 2.45) is 18.4 Å². The summed E-state index contributed by atoms with van der Waals surface area (Å²) in [4.78, 5) is 2.59. The molecule has 0 radical (unpaired) electrons. The van der Waals surface area contributed by atoms with E-state index in [1.54, 1.807) is 4.68 Å². The molecular formula is C21H33N5O. The normalized spacial score (nSPS) is 16.6. The highest BCUT2D eigenvalue weighted by molar-refractivity contribution is 5.60. The molecule has 6 nitrogen and oxygen atoms in total. The van der Waals surface area contributed by atoms with E-state index in [4.69, 9.17) is 4.74 Å². The van der Waals surface area contributed by atoms with Gasteiger partial charge in [-0.05, 0) is 63.2 Å². The van der Waals surface area contributed by atoms with Gasteiger partial charge in [-0.15, -0.1) is 10.2 Å². The third-order valence-corrected chi connectivity index (χ3v) is 5.28. The van der Waals surface area contributed by atoms with Gasteiger partial charge in [0.25, 0.3) is 0 Å². The molecule has 3 rings (SSSR count). The standard InChI is InChI=1S/C21H33N5O/c1-16-18(14-25(5)24-16)19-6-7-20(23-22-19)27-15-17-8-11-26(12-9-17)13-10-21(2,3)4/h6-7,14,17H,8-13,15H2,1-5H3. The number of aromatic nitrogens is 4. The number of ether oxygens (including phenoxy) is 1. The molecule has 148 valence electrons. The highest BCUT2D eigenvalue weighted by Crippen LogP contribution is 2.24. The van der Waals surface area contributed by atoms with Gasteiger partial charge >= 0.3 is 0 Å². The Morgan fingerprint density at radius 1 is 1.15 bits per heavy atom. The maximum absolute atomic E-state index is 5.91. The smallest absolute Gasteiger partial charge is 0.233 e. The van der Waals surface area contributed by atoms with Crippen LogP contribution in [-0.2, 0) is 7.05 Å². The Morgan fingerprint density at radius 2 is 1.89 bits per heavy atom. The van der Waals surface area contributed by atoms with Gasteiger partial charge in [-0.25, -0.2) is 0 Å². The number of piperidine rings is 1. The molecule has 2 aromatic rings. The van der Waals surface area contributed by atoms with Gasteiger partial charge in [0.2, 0.25) is 5.88 Å². The largest absolute Gasteiger partial charge is 0.476 e. The van der Waals surface area contributed by atoms with E-state index in [0.717, 1.165) is 23.6 Å². The van der Waals surface area contributed by atoms with Crippen LogP contribution in [0.5, 0.6) is 5.88 Å². The summed E-state index contributed by atoms with van der Waals surface area (Å²) in [6.45, 7) is 13.2. The molecule has 2 aromatic heterocycles. The van der Waals surface area contributed by atoms with Crippen LogP contribution in [0.3, 0.4) is 0 Å². The molecule has 0 spiro atoms. The first-order valence-corrected chi connectivity index (χ1v) is 10.00. The minimum absolute atomic E-state index is 0.416. The molecule has 6 heteroatoms. The maximum Gasteiger partial charge on any atom is 0.233 e. The number of aryl methyl sites for hydroxylation is 2. The highest BCUT2D eigenvalue weighted by atomic mass is 16.5. The summed E-state index contributed by atoms with van der Waals surface area (Å²) in [5, 5.41) is 12.9. The molecule has 1 saturated heterocycles. The summed E-state index contributed by atoms with van der Waals surface area (Å²) in [5.74, 6) is 1.22. The van der Waals surface area contributed by atoms with Crippen molar-refractivity contribution in [3.05, 3.63) is 24.0 Å². The van der Waals surface area contributed by atoms with Gasteiger partial charge in [0.1, 0.15) is 0 Å². The molecule has 3 heterocycles. The molecule has 1 fully saturated rings. The molecule has 0 amide bonds. The molecule has 0 aromatic carbocycles. The molecule has 0 aliphatic carbocycles. The van der Waals surface area contributed by atoms with Gasteiger partial charge < -0.3 is 9.64 Å². The third-order valence-electron chi connectivity index (χ3n) is 5.28. The van der Waals surface area contributed by atoms with Crippen LogP contribution in [-0.4, -0.2) is 51.1 Å². The summed E-state index contributed by atoms with van der Waals surface area (Å²) in [6, 6.07) is 3.87. The van der Waals surface area contributed by atoms with Gasteiger partial charge in [-0.1, -0.05) is 20.8 Å². The molecule has 27 heavy (non-hydrogen) atoms. The second kappa shape index (κ2) is 8.38. The maximum atomic E-state index is 5.91. The number of likely N-dealkylation sites (tertiary alicyclic amines) is 1. The van der Waals surface area contributed by atoms with Gasteiger partial charge in [-0.2, -0.15) is 5.10 Å². The van der Waals surface area contributed by atoms with Crippen LogP contribution >= 0.6 is 0 Å². The third kappa shape index (κ3) is 5.76. The van der Waals surface area contributed by atoms with Crippen molar-refractivity contribution in [1.82, 2.24) is 24.9 Å². The van der Waals surface area contributed by atoms with Gasteiger partial charge in [0.05, 0.1) is 18.0 Å². The molecule has 0 unspecified atom stereocenters. The fourth-order valence-electron chi connectivity index (χ4n) is 3.47. The zero-order valence-electron chi connectivity index (χ0n) is 17.4. The minimum atomic E-state index is 0.416. The van der Waals surface area contributed by atoms with Crippen LogP contribution in [0, 0.1) is 18.3 Å². The first kappa shape index (κ1) is 19.8. The van der Waals surface area contributed by atoms with Crippen molar-refractivity contribution >= 4 is 0 Å². The van der Waals surface area contributed by atoms with E-state index >= 15 is 0 Å². The average Bonchev–Trinajstić information content (AvgIpc) is 2.97. The van der Waals surface area contributed by atoms with E-state index in [0.29, 0.717) is 17.2 Å². The van der Waals surface area contributed by atoms with Crippen molar-refractivity contribution in [2.45, 2.75) is 47.0 Å². The second-order valence-corrected chi connectivity index (χ2v) is 8.97. The van der Waals surface area contributed by atoms with Crippen LogP contribution in [0.2, 0.25) is 0 Å². The van der Waals surface area contributed by atoms with Crippen LogP contribution in [0.15, 0.2) is 18.3 Å². The first-order valence-electron chi connectivity index (χ1n) is 10.00. The monoisotopic (exact) mass is 371 g/mol. The van der Waals surface area contributed by atoms with Crippen molar-refractivity contribution in [3.8, 4) is 17.1 Å². The topological polar surface area (TPSA) is 56.1 Å². The molecule has 1 aliphatic rings. The lowest BCUT2D eigenvalue weighted by atomic mass is 9.91. The Balaban J connectivity index is 1.44. The Morgan fingerprint density at radius 3 is 2.44 bits per heavy atom. The lowest BCUT2D eigenvalue weighted by Crippen LogP contribution is -2.37. The SMILES string of the molecule is Cc1nn(C)cc1-c1ccc(OCC2CCN(CCC(C)(C)C)CC2)nn1. The van der Waals surface area contributed by atoms with E-state index < -0.39 is 0 Å². The van der Waals surface area contributed by atoms with Crippen molar-refractivity contribution in [3.63, 3.8) is 0 Å². The number of rotatable bonds is 6. The Kier molecular flexibility index (Phi) is 6.15. The van der Waals surface area contributed by atoms with Crippen molar-refractivity contribution in [2.75, 3.05) is 26.2 Å². The summed E-state index contributed by atoms with van der Waals surface area (Å²) < 4.78 is 7.70. The molecular weight excluding hydrogens is 338 g/mol. The van der Waals surface area contributed by atoms with E-state index in [9.17, 15) is 0 Å². The van der Waals surface area contributed by atoms with Crippen molar-refractivity contribution in [1.29, 1.82) is 0 Å². The van der Waals surface area contributed by atoms with Gasteiger partial charge in [0, 0.05) is 24.9 Å². The number of hydrogen-bond acceptors (Lipinski definition) is 5. The lowest BCUT2D eigenvalue weighted by molar-refractivity contribution is 0.128. The van der Waals surface area contributed by atoms with Crippen LogP contribution < -0.4 is 4.74 Å². The molecule has 1 aliphatic heterocycles. The fraction of sp³-hybridized carbons (Fsp3) is 0.667. The van der Waals surface area contributed by atoms with Gasteiger partial charge in [-0.3, -0.25) is 4.68 Å². The van der Waals surface area contributed by atoms with E-state index in [-0.39, 0.29) is 0 Å². The quantitative estimate of drug-likeness (QED) is 0.775. The Labute approximate surface area is 162 Å². The van der Waals surface area contributed by atoms with E-state index in [2.05, 4.69) is 41.0 Å². The van der Waals surface area contributed by atoms with Gasteiger partial charge in [0.15, 0.2) is 0 Å². The molecule has 0 N–H and O–H groups in total.